The molecular weight excluding hydrogens is 222 g/mol. The van der Waals surface area contributed by atoms with Gasteiger partial charge in [-0.3, -0.25) is 0 Å². The van der Waals surface area contributed by atoms with Gasteiger partial charge in [0.2, 0.25) is 0 Å². The number of benzene rings is 2. The highest BCUT2D eigenvalue weighted by molar-refractivity contribution is 5.49. The molecule has 0 aliphatic heterocycles. The number of hydrogen-bond acceptors (Lipinski definition) is 2. The fourth-order valence-corrected chi connectivity index (χ4v) is 2.11. The SMILES string of the molecule is COc1ccc(C)cc1Cc1ccc(N)c(C)c1. The third-order valence-electron chi connectivity index (χ3n) is 3.16. The fraction of sp³-hybridized carbons (Fsp3) is 0.250. The lowest BCUT2D eigenvalue weighted by Crippen LogP contribution is -1.96. The van der Waals surface area contributed by atoms with Crippen molar-refractivity contribution >= 4 is 5.69 Å². The summed E-state index contributed by atoms with van der Waals surface area (Å²) in [4.78, 5) is 0. The highest BCUT2D eigenvalue weighted by Crippen LogP contribution is 2.24. The Kier molecular flexibility index (Phi) is 3.56. The van der Waals surface area contributed by atoms with Gasteiger partial charge in [0.25, 0.3) is 0 Å². The van der Waals surface area contributed by atoms with Crippen LogP contribution in [-0.2, 0) is 6.42 Å². The van der Waals surface area contributed by atoms with E-state index in [1.165, 1.54) is 16.7 Å². The Bertz CT molecular complexity index is 561. The first-order valence-electron chi connectivity index (χ1n) is 6.08. The van der Waals surface area contributed by atoms with Crippen molar-refractivity contribution in [2.45, 2.75) is 20.3 Å². The lowest BCUT2D eigenvalue weighted by molar-refractivity contribution is 0.410. The standard InChI is InChI=1S/C16H19NO/c1-11-4-7-16(18-3)14(8-11)10-13-5-6-15(17)12(2)9-13/h4-9H,10,17H2,1-3H3. The molecule has 0 amide bonds. The molecule has 2 nitrogen and oxygen atoms in total. The average molecular weight is 241 g/mol. The topological polar surface area (TPSA) is 35.2 Å². The van der Waals surface area contributed by atoms with Crippen LogP contribution in [0.5, 0.6) is 5.75 Å². The van der Waals surface area contributed by atoms with Crippen molar-refractivity contribution in [3.05, 3.63) is 58.7 Å². The third kappa shape index (κ3) is 2.65. The Morgan fingerprint density at radius 2 is 1.83 bits per heavy atom. The van der Waals surface area contributed by atoms with Gasteiger partial charge in [-0.1, -0.05) is 29.8 Å². The largest absolute Gasteiger partial charge is 0.496 e. The number of methoxy groups -OCH3 is 1. The Labute approximate surface area is 108 Å². The summed E-state index contributed by atoms with van der Waals surface area (Å²) in [6, 6.07) is 12.4. The van der Waals surface area contributed by atoms with Gasteiger partial charge in [0.05, 0.1) is 7.11 Å². The Morgan fingerprint density at radius 3 is 2.50 bits per heavy atom. The zero-order valence-corrected chi connectivity index (χ0v) is 11.2. The van der Waals surface area contributed by atoms with Gasteiger partial charge in [-0.05, 0) is 42.7 Å². The molecule has 2 rings (SSSR count). The molecular formula is C16H19NO. The van der Waals surface area contributed by atoms with Crippen LogP contribution in [0.3, 0.4) is 0 Å². The van der Waals surface area contributed by atoms with E-state index in [9.17, 15) is 0 Å². The number of hydrogen-bond donors (Lipinski definition) is 1. The van der Waals surface area contributed by atoms with Crippen molar-refractivity contribution in [1.82, 2.24) is 0 Å². The van der Waals surface area contributed by atoms with Crippen LogP contribution in [0.4, 0.5) is 5.69 Å². The highest BCUT2D eigenvalue weighted by atomic mass is 16.5. The second-order valence-electron chi connectivity index (χ2n) is 4.68. The maximum atomic E-state index is 5.84. The van der Waals surface area contributed by atoms with E-state index in [-0.39, 0.29) is 0 Å². The zero-order chi connectivity index (χ0) is 13.1. The molecule has 94 valence electrons. The van der Waals surface area contributed by atoms with Gasteiger partial charge in [-0.2, -0.15) is 0 Å². The molecule has 0 aromatic heterocycles. The summed E-state index contributed by atoms with van der Waals surface area (Å²) >= 11 is 0. The molecule has 2 aromatic carbocycles. The summed E-state index contributed by atoms with van der Waals surface area (Å²) in [5.41, 5.74) is 11.5. The molecule has 0 heterocycles. The van der Waals surface area contributed by atoms with Crippen LogP contribution < -0.4 is 10.5 Å². The first kappa shape index (κ1) is 12.5. The molecule has 0 saturated heterocycles. The fourth-order valence-electron chi connectivity index (χ4n) is 2.11. The van der Waals surface area contributed by atoms with E-state index in [2.05, 4.69) is 31.2 Å². The predicted octanol–water partition coefficient (Wildman–Crippen LogP) is 3.49. The second-order valence-corrected chi connectivity index (χ2v) is 4.68. The Balaban J connectivity index is 2.33. The van der Waals surface area contributed by atoms with Crippen LogP contribution in [0.2, 0.25) is 0 Å². The van der Waals surface area contributed by atoms with E-state index < -0.39 is 0 Å². The first-order chi connectivity index (χ1) is 8.60. The van der Waals surface area contributed by atoms with Crippen molar-refractivity contribution in [3.8, 4) is 5.75 Å². The van der Waals surface area contributed by atoms with Crippen LogP contribution in [-0.4, -0.2) is 7.11 Å². The van der Waals surface area contributed by atoms with Gasteiger partial charge in [0, 0.05) is 12.1 Å². The van der Waals surface area contributed by atoms with Gasteiger partial charge in [0.1, 0.15) is 5.75 Å². The molecule has 18 heavy (non-hydrogen) atoms. The van der Waals surface area contributed by atoms with E-state index >= 15 is 0 Å². The van der Waals surface area contributed by atoms with E-state index in [1.807, 2.05) is 19.1 Å². The summed E-state index contributed by atoms with van der Waals surface area (Å²) in [5, 5.41) is 0. The molecule has 0 aliphatic rings. The lowest BCUT2D eigenvalue weighted by Gasteiger charge is -2.10. The molecule has 0 fully saturated rings. The van der Waals surface area contributed by atoms with Crippen molar-refractivity contribution in [3.63, 3.8) is 0 Å². The van der Waals surface area contributed by atoms with Gasteiger partial charge in [-0.25, -0.2) is 0 Å². The lowest BCUT2D eigenvalue weighted by atomic mass is 10.00. The zero-order valence-electron chi connectivity index (χ0n) is 11.2. The molecule has 0 spiro atoms. The predicted molar refractivity (Wildman–Crippen MR) is 76.1 cm³/mol. The maximum absolute atomic E-state index is 5.84. The second kappa shape index (κ2) is 5.13. The van der Waals surface area contributed by atoms with Crippen molar-refractivity contribution in [2.24, 2.45) is 0 Å². The molecule has 0 unspecified atom stereocenters. The number of aryl methyl sites for hydroxylation is 2. The molecule has 0 atom stereocenters. The molecule has 0 radical (unpaired) electrons. The van der Waals surface area contributed by atoms with Gasteiger partial charge >= 0.3 is 0 Å². The van der Waals surface area contributed by atoms with Gasteiger partial charge in [-0.15, -0.1) is 0 Å². The van der Waals surface area contributed by atoms with Crippen LogP contribution >= 0.6 is 0 Å². The average Bonchev–Trinajstić information content (AvgIpc) is 2.34. The van der Waals surface area contributed by atoms with Crippen molar-refractivity contribution < 1.29 is 4.74 Å². The molecule has 0 bridgehead atoms. The first-order valence-corrected chi connectivity index (χ1v) is 6.08. The number of anilines is 1. The molecule has 0 aliphatic carbocycles. The van der Waals surface area contributed by atoms with E-state index in [4.69, 9.17) is 10.5 Å². The summed E-state index contributed by atoms with van der Waals surface area (Å²) in [7, 11) is 1.71. The van der Waals surface area contributed by atoms with Crippen LogP contribution in [0.1, 0.15) is 22.3 Å². The van der Waals surface area contributed by atoms with Crippen molar-refractivity contribution in [1.29, 1.82) is 0 Å². The Hall–Kier alpha value is -1.96. The molecule has 0 saturated carbocycles. The van der Waals surface area contributed by atoms with Gasteiger partial charge < -0.3 is 10.5 Å². The van der Waals surface area contributed by atoms with Crippen LogP contribution in [0, 0.1) is 13.8 Å². The highest BCUT2D eigenvalue weighted by Gasteiger charge is 2.05. The van der Waals surface area contributed by atoms with Crippen LogP contribution in [0.15, 0.2) is 36.4 Å². The smallest absolute Gasteiger partial charge is 0.122 e. The minimum atomic E-state index is 0.843. The minimum Gasteiger partial charge on any atom is -0.496 e. The minimum absolute atomic E-state index is 0.843. The van der Waals surface area contributed by atoms with E-state index in [1.54, 1.807) is 7.11 Å². The number of ether oxygens (including phenoxy) is 1. The molecule has 2 heteroatoms. The van der Waals surface area contributed by atoms with Gasteiger partial charge in [0.15, 0.2) is 0 Å². The van der Waals surface area contributed by atoms with E-state index in [0.29, 0.717) is 0 Å². The van der Waals surface area contributed by atoms with E-state index in [0.717, 1.165) is 23.4 Å². The number of rotatable bonds is 3. The van der Waals surface area contributed by atoms with Crippen molar-refractivity contribution in [2.75, 3.05) is 12.8 Å². The summed E-state index contributed by atoms with van der Waals surface area (Å²) in [6.07, 6.45) is 0.867. The van der Waals surface area contributed by atoms with Crippen LogP contribution in [0.25, 0.3) is 0 Å². The molecule has 2 N–H and O–H groups in total. The Morgan fingerprint density at radius 1 is 1.06 bits per heavy atom. The summed E-state index contributed by atoms with van der Waals surface area (Å²) in [6.45, 7) is 4.13. The molecule has 2 aromatic rings. The number of nitrogens with two attached hydrogens (primary N) is 1. The number of nitrogen functional groups attached to an aromatic ring is 1. The monoisotopic (exact) mass is 241 g/mol. The summed E-state index contributed by atoms with van der Waals surface area (Å²) in [5.74, 6) is 0.940. The normalized spacial score (nSPS) is 10.4. The third-order valence-corrected chi connectivity index (χ3v) is 3.16. The summed E-state index contributed by atoms with van der Waals surface area (Å²) < 4.78 is 5.40. The maximum Gasteiger partial charge on any atom is 0.122 e. The quantitative estimate of drug-likeness (QED) is 0.835.